The molecule has 4 aromatic heterocycles. The fourth-order valence-corrected chi connectivity index (χ4v) is 11.4. The van der Waals surface area contributed by atoms with Crippen LogP contribution in [-0.2, 0) is 124 Å². The van der Waals surface area contributed by atoms with Crippen LogP contribution < -0.4 is 89.6 Å². The molecule has 0 aliphatic carbocycles. The molecular weight excluding hydrogens is 2060 g/mol. The molecule has 0 bridgehead atoms. The van der Waals surface area contributed by atoms with Gasteiger partial charge in [0.2, 0.25) is 14.5 Å². The van der Waals surface area contributed by atoms with Crippen LogP contribution in [0.25, 0.3) is 0 Å². The Hall–Kier alpha value is -10.8. The molecule has 24 atom stereocenters. The number of hydrogen-bond acceptors (Lipinski definition) is 48. The van der Waals surface area contributed by atoms with Crippen molar-refractivity contribution in [2.45, 2.75) is 211 Å². The van der Waals surface area contributed by atoms with Crippen molar-refractivity contribution in [1.82, 2.24) is 54.2 Å². The van der Waals surface area contributed by atoms with E-state index in [0.29, 0.717) is 0 Å². The van der Waals surface area contributed by atoms with E-state index in [-0.39, 0.29) is 66.8 Å². The van der Waals surface area contributed by atoms with Crippen molar-refractivity contribution in [2.24, 2.45) is 40.5 Å². The minimum atomic E-state index is -1.42. The maximum Gasteiger partial charge on any atom is 0.333 e. The number of carboxylic acids is 1. The van der Waals surface area contributed by atoms with E-state index in [2.05, 4.69) is 85.2 Å². The molecule has 8 heterocycles. The first-order valence-corrected chi connectivity index (χ1v) is 47.3. The van der Waals surface area contributed by atoms with Crippen molar-refractivity contribution in [3.8, 4) is 0 Å². The minimum Gasteiger partial charge on any atom is -0.479 e. The van der Waals surface area contributed by atoms with Crippen molar-refractivity contribution in [3.63, 3.8) is 0 Å². The summed E-state index contributed by atoms with van der Waals surface area (Å²) >= 11 is 5.34. The number of aromatic nitrogens is 8. The Kier molecular flexibility index (Phi) is 77.4. The Bertz CT molecular complexity index is 5030. The molecule has 4 fully saturated rings. The lowest BCUT2D eigenvalue weighted by Crippen LogP contribution is -2.48. The molecule has 866 valence electrons. The Labute approximate surface area is 890 Å². The fourth-order valence-electron chi connectivity index (χ4n) is 10.6. The van der Waals surface area contributed by atoms with Gasteiger partial charge < -0.3 is 162 Å². The summed E-state index contributed by atoms with van der Waals surface area (Å²) in [5, 5.41) is 64.0. The quantitative estimate of drug-likeness (QED) is 0.0150. The predicted molar refractivity (Wildman–Crippen MR) is 543 cm³/mol. The number of nitrogens with one attached hydrogen (secondary N) is 7. The van der Waals surface area contributed by atoms with Crippen LogP contribution in [-0.4, -0.2) is 427 Å². The SMILES string of the molecule is COC(=O)[C@H](N)CO.CO[C@H]1C(C)[C@@H](C(=O)O)O[C@H]1n1ccc(=O)[nH]c1=O.CP(C)Cl.[2H]C[C@@H](N)C(=O)OC.[2H]C[C@@H](N)C(=O)OC.[2H]C[C@@H](NC(=O)[C@H]1O[C@@H](n2ccc(=O)[nH]c2=O)[C@@H](OC)C1C)C(C)=O.[2H]C[C@@H](NC(=O)[C@H]1O[C@@H](n2ccc(=O)[nH]c2=O)[C@@H](OC)C1O)C(C)=O.[2H]C[C@@H](NC(=O)[C@H]1O[C@@H](n2ccc(=O)[nH]c2=O)[C@@H](OC)C1OP(C)C)C(C)=O.[2H]C[C@H]([2H])C(=O)OC.[2H][C@H](CO)C(=O)OC.[3H]NC.[3H]NC.[3H]OC.[3H]OC.[3H]OC.[3H]OC.[3H]OC.[3H]OC. The fraction of sp³-hybridized carbons (Fsp3) is 0.674. The average Bonchev–Trinajstić information content (AvgIpc) is 1.60. The zero-order chi connectivity index (χ0) is 131. The van der Waals surface area contributed by atoms with Gasteiger partial charge in [-0.05, 0) is 103 Å². The van der Waals surface area contributed by atoms with Gasteiger partial charge in [-0.3, -0.25) is 110 Å². The van der Waals surface area contributed by atoms with Crippen molar-refractivity contribution in [2.75, 3.05) is 161 Å². The number of aliphatic hydroxyl groups is 9. The summed E-state index contributed by atoms with van der Waals surface area (Å²) in [6, 6.07) is -0.796. The van der Waals surface area contributed by atoms with Gasteiger partial charge in [-0.25, -0.2) is 24.0 Å². The number of carbonyl (C=O) groups is 12. The van der Waals surface area contributed by atoms with Gasteiger partial charge in [0, 0.05) is 157 Å². The van der Waals surface area contributed by atoms with E-state index < -0.39 is 266 Å². The van der Waals surface area contributed by atoms with Crippen LogP contribution in [0.2, 0.25) is 2.82 Å². The van der Waals surface area contributed by atoms with Crippen LogP contribution in [0.3, 0.4) is 0 Å². The molecule has 0 saturated carbocycles. The molecule has 4 aromatic rings. The molecule has 60 nitrogen and oxygen atoms in total. The number of H-pyrrole nitrogens is 4. The first kappa shape index (κ1) is 125. The molecule has 4 saturated heterocycles. The first-order chi connectivity index (χ1) is 77.4. The van der Waals surface area contributed by atoms with E-state index >= 15 is 0 Å². The molecule has 0 radical (unpaired) electrons. The lowest BCUT2D eigenvalue weighted by molar-refractivity contribution is -0.153. The van der Waals surface area contributed by atoms with Crippen LogP contribution in [0, 0.1) is 11.8 Å². The number of rotatable bonds is 27. The highest BCUT2D eigenvalue weighted by Crippen LogP contribution is 2.41. The maximum atomic E-state index is 12.7. The van der Waals surface area contributed by atoms with E-state index in [9.17, 15) is 101 Å². The molecule has 149 heavy (non-hydrogen) atoms. The normalized spacial score (nSPS) is 22.5. The van der Waals surface area contributed by atoms with Crippen LogP contribution >= 0.6 is 26.7 Å². The number of halogens is 1. The van der Waals surface area contributed by atoms with E-state index in [1.54, 1.807) is 27.9 Å². The highest BCUT2D eigenvalue weighted by Gasteiger charge is 2.53. The number of nitrogens with zero attached hydrogens (tertiary/aromatic N) is 4. The van der Waals surface area contributed by atoms with Crippen molar-refractivity contribution in [1.29, 1.82) is 8.59 Å². The Morgan fingerprint density at radius 2 is 0.745 bits per heavy atom. The summed E-state index contributed by atoms with van der Waals surface area (Å²) in [6.45, 7) is 12.6. The van der Waals surface area contributed by atoms with Gasteiger partial charge >= 0.3 is 58.6 Å². The number of nitrogens with two attached hydrogens (primary N) is 5. The number of ether oxygens (including phenoxy) is 13. The highest BCUT2D eigenvalue weighted by molar-refractivity contribution is 7.82. The summed E-state index contributed by atoms with van der Waals surface area (Å²) < 4.78 is 176. The standard InChI is InChI=1S/C16H24N3O7P.C15H21N3O6.C14H19N3O7.C11H14N2O6.C4H9NO3.2C4H9NO2.C4H8O3.C4H8O2.C2H6ClP.2CH5N.6CH4O/c1-8(9(2)20)17-14(22)12-11(26-27(4)5)13(24-3)15(25-12)19-7-6-10(21)18-16(19)23;1-7-11(13(21)16-8(2)9(3)19)24-14(12(7)23-4)18-6-5-10(20)17-15(18)22;1-6(7(2)18)15-12(21)10-9(20)11(23-3)13(24-10)17-5-4-8(19)16-14(17)22;1-5-7(18-2)9(19-8(5)10(15)16)13-4-3-6(14)12-11(13)17;1-8-4(7)3(5)2-6;2*1-3(5)4(6)7-2;1-7-4(6)2-3-5;1-3-4(5)6-2;1-4(2)3;8*1-2/h6-8,11-13,15H,1-5H3,(H,17,22)(H,18,21,23);5-8,11-12,14H,1-4H3,(H,16,21)(H,17,20,22);4-6,9-11,13,20H,1-3H3,(H,15,21)(H,16,19,22);3-5,7-9H,1-2H3,(H,15,16)(H,12,14,17);3,6H,2,5H2,1H3;2*3H,5H2,1-2H3;5H,2-3H2,1H3;3H2,1-2H3;1-2H3;2*2H2,1H3;6*2H,1H3/t8-,11?,12+,13+,15-;7?,8-,11+,12+,14-;6-,9?,10+,11+,13-;5?,7-,8-,9+;3*3-;;;;;;;;;;;/m1110111.........../s1/i1D;2D;1D;;;2*1D;2D;1D,3D;;;;6*2T/hT2/t3m;;3m;2-;3-;;;;;;;;;/m111.11110........./s1. The van der Waals surface area contributed by atoms with Gasteiger partial charge in [0.05, 0.1) is 73.3 Å². The topological polar surface area (TPSA) is 922 Å². The molecular formula is C86H161ClN16O44P2. The second kappa shape index (κ2) is 92.1. The Balaban J connectivity index is -0.000000205. The largest absolute Gasteiger partial charge is 0.479 e. The summed E-state index contributed by atoms with van der Waals surface area (Å²) in [5.41, 5.74) is 14.0. The second-order valence-electron chi connectivity index (χ2n) is 27.6. The summed E-state index contributed by atoms with van der Waals surface area (Å²) in [5.74, 6) is -8.05. The van der Waals surface area contributed by atoms with Crippen LogP contribution in [0.1, 0.15) is 125 Å². The van der Waals surface area contributed by atoms with Crippen molar-refractivity contribution in [3.05, 3.63) is 132 Å². The third-order valence-corrected chi connectivity index (χ3v) is 18.1. The van der Waals surface area contributed by atoms with Gasteiger partial charge in [0.1, 0.15) is 63.7 Å². The highest BCUT2D eigenvalue weighted by atomic mass is 35.7. The van der Waals surface area contributed by atoms with Crippen molar-refractivity contribution < 1.29 is 189 Å². The maximum absolute atomic E-state index is 12.7. The predicted octanol–water partition coefficient (Wildman–Crippen LogP) is -7.88. The lowest BCUT2D eigenvalue weighted by atomic mass is 9.99. The van der Waals surface area contributed by atoms with E-state index in [4.69, 9.17) is 109 Å². The third-order valence-electron chi connectivity index (χ3n) is 17.4. The molecule has 4 aliphatic heterocycles. The number of carbonyl (C=O) groups excluding carboxylic acids is 11. The summed E-state index contributed by atoms with van der Waals surface area (Å²) in [4.78, 5) is 235. The minimum absolute atomic E-state index is 0.118. The first-order valence-electron chi connectivity index (χ1n) is 50.8. The van der Waals surface area contributed by atoms with Gasteiger partial charge in [0.25, 0.3) is 34.1 Å². The molecule has 0 aromatic carbocycles. The molecule has 27 N–H and O–H groups in total. The lowest BCUT2D eigenvalue weighted by Gasteiger charge is -2.25. The third kappa shape index (κ3) is 61.3. The molecule has 8 rings (SSSR count). The average molecular weight is 2240 g/mol. The zero-order valence-corrected chi connectivity index (χ0v) is 90.1. The zero-order valence-electron chi connectivity index (χ0n) is 104. The number of aliphatic carboxylic acids is 1. The Morgan fingerprint density at radius 3 is 0.966 bits per heavy atom. The summed E-state index contributed by atoms with van der Waals surface area (Å²) in [6.07, 6.45) is -11.2. The number of esters is 5. The van der Waals surface area contributed by atoms with Crippen molar-refractivity contribution >= 4 is 97.6 Å². The van der Waals surface area contributed by atoms with Crippen LogP contribution in [0.15, 0.2) is 87.4 Å². The molecule has 63 heteroatoms. The number of aliphatic hydroxyl groups excluding tert-OH is 9. The van der Waals surface area contributed by atoms with Gasteiger partial charge in [-0.2, -0.15) is 0 Å². The van der Waals surface area contributed by atoms with Gasteiger partial charge in [-0.15, -0.1) is 0 Å². The molecule has 3 amide bonds. The number of amides is 3. The second-order valence-corrected chi connectivity index (χ2v) is 33.0. The monoisotopic (exact) mass is 2240 g/mol. The number of hydrogen-bond donors (Lipinski definition) is 22. The van der Waals surface area contributed by atoms with Gasteiger partial charge in [-0.1, -0.05) is 32.0 Å². The number of ketones is 3. The number of aromatic amines is 4. The molecule has 4 aliphatic rings. The number of methoxy groups -OCH3 is 9. The van der Waals surface area contributed by atoms with E-state index in [1.807, 2.05) is 43.1 Å². The number of Topliss-reactive ketones (excluding diaryl/α,β-unsaturated/α-hetero) is 3. The van der Waals surface area contributed by atoms with Crippen LogP contribution in [0.5, 0.6) is 0 Å². The van der Waals surface area contributed by atoms with E-state index in [1.165, 1.54) is 152 Å². The van der Waals surface area contributed by atoms with E-state index in [0.717, 1.165) is 42.7 Å². The smallest absolute Gasteiger partial charge is 0.333 e. The molecule has 0 spiro atoms. The van der Waals surface area contributed by atoms with Crippen LogP contribution in [0.4, 0.5) is 0 Å². The van der Waals surface area contributed by atoms with Gasteiger partial charge in [0.15, 0.2) is 60.6 Å². The Morgan fingerprint density at radius 1 is 0.470 bits per heavy atom. The number of carboxylic acid groups (broad SMARTS) is 1. The summed E-state index contributed by atoms with van der Waals surface area (Å²) in [7, 11) is 21.4. The molecule has 4 unspecified atom stereocenters.